The van der Waals surface area contributed by atoms with Crippen molar-refractivity contribution in [1.29, 1.82) is 0 Å². The maximum absolute atomic E-state index is 12.9. The Morgan fingerprint density at radius 3 is 1.27 bits per heavy atom. The number of allylic oxidation sites excluding steroid dienone is 4. The van der Waals surface area contributed by atoms with E-state index in [0.717, 1.165) is 51.4 Å². The third kappa shape index (κ3) is 37.2. The number of hydrogen-bond donors (Lipinski definition) is 4. The lowest BCUT2D eigenvalue weighted by Gasteiger charge is -2.38. The second kappa shape index (κ2) is 46.1. The molecule has 0 amide bonds. The maximum Gasteiger partial charge on any atom is 0.335 e. The SMILES string of the molecule is CCCCC/C=C\C/C=C\CCCCCCCCCC(=O)OCC(COC1OC(C(=O)O)C(O)C(O)C1O)OC(=O)CCCCCCCCCCCCCCCCCCCCCCCCCC. The minimum atomic E-state index is -1.86. The number of carbonyl (C=O) groups excluding carboxylic acids is 2. The van der Waals surface area contributed by atoms with E-state index in [1.807, 2.05) is 0 Å². The van der Waals surface area contributed by atoms with Crippen molar-refractivity contribution >= 4 is 17.9 Å². The number of carboxylic acid groups (broad SMARTS) is 1. The first-order valence-electron chi connectivity index (χ1n) is 27.9. The molecular weight excluding hydrogens is 849 g/mol. The van der Waals surface area contributed by atoms with Crippen LogP contribution in [0.2, 0.25) is 0 Å². The second-order valence-electron chi connectivity index (χ2n) is 19.4. The predicted octanol–water partition coefficient (Wildman–Crippen LogP) is 13.7. The van der Waals surface area contributed by atoms with Gasteiger partial charge in [-0.1, -0.05) is 231 Å². The van der Waals surface area contributed by atoms with Gasteiger partial charge in [0, 0.05) is 12.8 Å². The monoisotopic (exact) mass is 951 g/mol. The van der Waals surface area contributed by atoms with Crippen LogP contribution in [0.4, 0.5) is 0 Å². The van der Waals surface area contributed by atoms with E-state index in [1.165, 1.54) is 173 Å². The Morgan fingerprint density at radius 1 is 0.463 bits per heavy atom. The van der Waals surface area contributed by atoms with Gasteiger partial charge in [0.15, 0.2) is 18.5 Å². The molecule has 1 fully saturated rings. The molecule has 11 heteroatoms. The Bertz CT molecular complexity index is 1210. The Labute approximate surface area is 409 Å². The smallest absolute Gasteiger partial charge is 0.335 e. The van der Waals surface area contributed by atoms with Crippen LogP contribution in [0.15, 0.2) is 24.3 Å². The third-order valence-corrected chi connectivity index (χ3v) is 13.1. The number of carboxylic acids is 1. The molecule has 0 aliphatic carbocycles. The fourth-order valence-electron chi connectivity index (χ4n) is 8.68. The molecule has 392 valence electrons. The number of carbonyl (C=O) groups is 3. The topological polar surface area (TPSA) is 169 Å². The van der Waals surface area contributed by atoms with Crippen molar-refractivity contribution in [2.45, 2.75) is 301 Å². The zero-order valence-corrected chi connectivity index (χ0v) is 42.9. The van der Waals surface area contributed by atoms with Crippen LogP contribution < -0.4 is 0 Å². The quantitative estimate of drug-likeness (QED) is 0.0260. The number of aliphatic carboxylic acids is 1. The first kappa shape index (κ1) is 62.7. The van der Waals surface area contributed by atoms with Crippen molar-refractivity contribution in [3.63, 3.8) is 0 Å². The number of aliphatic hydroxyl groups is 3. The average Bonchev–Trinajstić information content (AvgIpc) is 3.31. The largest absolute Gasteiger partial charge is 0.479 e. The van der Waals surface area contributed by atoms with Crippen LogP contribution in [0.25, 0.3) is 0 Å². The fourth-order valence-corrected chi connectivity index (χ4v) is 8.68. The van der Waals surface area contributed by atoms with Gasteiger partial charge >= 0.3 is 17.9 Å². The van der Waals surface area contributed by atoms with Crippen LogP contribution in [0.1, 0.15) is 264 Å². The number of ether oxygens (including phenoxy) is 4. The Hall–Kier alpha value is -2.31. The Morgan fingerprint density at radius 2 is 0.836 bits per heavy atom. The molecule has 11 nitrogen and oxygen atoms in total. The molecule has 4 N–H and O–H groups in total. The first-order chi connectivity index (χ1) is 32.7. The molecule has 1 rings (SSSR count). The number of rotatable bonds is 48. The van der Waals surface area contributed by atoms with E-state index in [9.17, 15) is 34.8 Å². The standard InChI is InChI=1S/C56H102O11/c1-3-5-7-9-11-13-15-17-19-21-22-23-24-25-26-27-29-31-33-35-37-39-41-43-45-50(58)66-48(47-65-56-53(61)51(59)52(60)54(67-56)55(62)63)46-64-49(57)44-42-40-38-36-34-32-30-28-20-18-16-14-12-10-8-6-4-2/h12,14,18,20,48,51-54,56,59-61H,3-11,13,15-17,19,21-47H2,1-2H3,(H,62,63)/b14-12-,20-18-. The van der Waals surface area contributed by atoms with Gasteiger partial charge in [-0.2, -0.15) is 0 Å². The van der Waals surface area contributed by atoms with E-state index in [4.69, 9.17) is 18.9 Å². The van der Waals surface area contributed by atoms with Crippen LogP contribution >= 0.6 is 0 Å². The summed E-state index contributed by atoms with van der Waals surface area (Å²) in [6, 6.07) is 0. The lowest BCUT2D eigenvalue weighted by molar-refractivity contribution is -0.298. The molecule has 0 radical (unpaired) electrons. The summed E-state index contributed by atoms with van der Waals surface area (Å²) in [6.45, 7) is 3.83. The highest BCUT2D eigenvalue weighted by Crippen LogP contribution is 2.23. The fraction of sp³-hybridized carbons (Fsp3) is 0.875. The summed E-state index contributed by atoms with van der Waals surface area (Å²) < 4.78 is 21.9. The molecule has 1 heterocycles. The van der Waals surface area contributed by atoms with Gasteiger partial charge in [0.05, 0.1) is 6.61 Å². The molecule has 6 atom stereocenters. The van der Waals surface area contributed by atoms with Crippen LogP contribution in [0, 0.1) is 0 Å². The molecule has 1 aliphatic heterocycles. The minimum Gasteiger partial charge on any atom is -0.479 e. The minimum absolute atomic E-state index is 0.186. The summed E-state index contributed by atoms with van der Waals surface area (Å²) in [6.07, 6.45) is 45.2. The molecule has 0 saturated carbocycles. The normalized spacial score (nSPS) is 19.1. The van der Waals surface area contributed by atoms with E-state index >= 15 is 0 Å². The molecule has 6 unspecified atom stereocenters. The van der Waals surface area contributed by atoms with Gasteiger partial charge in [-0.15, -0.1) is 0 Å². The van der Waals surface area contributed by atoms with Gasteiger partial charge < -0.3 is 39.4 Å². The summed E-state index contributed by atoms with van der Waals surface area (Å²) >= 11 is 0. The molecule has 0 spiro atoms. The van der Waals surface area contributed by atoms with Crippen molar-refractivity contribution in [3.05, 3.63) is 24.3 Å². The molecular formula is C56H102O11. The van der Waals surface area contributed by atoms with Gasteiger partial charge in [0.25, 0.3) is 0 Å². The van der Waals surface area contributed by atoms with Crippen molar-refractivity contribution in [1.82, 2.24) is 0 Å². The highest BCUT2D eigenvalue weighted by atomic mass is 16.7. The lowest BCUT2D eigenvalue weighted by atomic mass is 9.99. The summed E-state index contributed by atoms with van der Waals surface area (Å²) in [5.74, 6) is -2.43. The van der Waals surface area contributed by atoms with Crippen molar-refractivity contribution in [2.24, 2.45) is 0 Å². The highest BCUT2D eigenvalue weighted by Gasteiger charge is 2.47. The van der Waals surface area contributed by atoms with Crippen LogP contribution in [0.3, 0.4) is 0 Å². The van der Waals surface area contributed by atoms with E-state index < -0.39 is 54.7 Å². The molecule has 0 aromatic rings. The summed E-state index contributed by atoms with van der Waals surface area (Å²) in [7, 11) is 0. The number of unbranched alkanes of at least 4 members (excludes halogenated alkanes) is 33. The van der Waals surface area contributed by atoms with Gasteiger partial charge in [-0.3, -0.25) is 9.59 Å². The van der Waals surface area contributed by atoms with E-state index in [0.29, 0.717) is 12.8 Å². The second-order valence-corrected chi connectivity index (χ2v) is 19.4. The van der Waals surface area contributed by atoms with Crippen LogP contribution in [-0.4, -0.2) is 88.4 Å². The molecule has 67 heavy (non-hydrogen) atoms. The van der Waals surface area contributed by atoms with E-state index in [-0.39, 0.29) is 26.1 Å². The van der Waals surface area contributed by atoms with E-state index in [1.54, 1.807) is 0 Å². The maximum atomic E-state index is 12.9. The molecule has 0 aromatic carbocycles. The van der Waals surface area contributed by atoms with Gasteiger partial charge in [-0.25, -0.2) is 4.79 Å². The van der Waals surface area contributed by atoms with Crippen LogP contribution in [0.5, 0.6) is 0 Å². The summed E-state index contributed by atoms with van der Waals surface area (Å²) in [5.41, 5.74) is 0. The molecule has 0 aromatic heterocycles. The molecule has 1 saturated heterocycles. The van der Waals surface area contributed by atoms with Crippen LogP contribution in [-0.2, 0) is 33.3 Å². The van der Waals surface area contributed by atoms with Gasteiger partial charge in [0.2, 0.25) is 0 Å². The number of aliphatic hydroxyl groups excluding tert-OH is 3. The van der Waals surface area contributed by atoms with Crippen molar-refractivity contribution < 1.29 is 53.8 Å². The number of hydrogen-bond acceptors (Lipinski definition) is 10. The van der Waals surface area contributed by atoms with E-state index in [2.05, 4.69) is 38.2 Å². The summed E-state index contributed by atoms with van der Waals surface area (Å²) in [4.78, 5) is 37.1. The Balaban J connectivity index is 2.24. The lowest BCUT2D eigenvalue weighted by Crippen LogP contribution is -2.60. The Kier molecular flexibility index (Phi) is 43.1. The summed E-state index contributed by atoms with van der Waals surface area (Å²) in [5, 5.41) is 40.0. The third-order valence-electron chi connectivity index (χ3n) is 13.1. The molecule has 0 bridgehead atoms. The number of esters is 2. The zero-order valence-electron chi connectivity index (χ0n) is 42.9. The average molecular weight is 951 g/mol. The van der Waals surface area contributed by atoms with Gasteiger partial charge in [0.1, 0.15) is 24.9 Å². The molecule has 1 aliphatic rings. The predicted molar refractivity (Wildman–Crippen MR) is 271 cm³/mol. The van der Waals surface area contributed by atoms with Crippen molar-refractivity contribution in [3.8, 4) is 0 Å². The highest BCUT2D eigenvalue weighted by molar-refractivity contribution is 5.73. The zero-order chi connectivity index (χ0) is 48.8. The first-order valence-corrected chi connectivity index (χ1v) is 27.9. The van der Waals surface area contributed by atoms with Crippen molar-refractivity contribution in [2.75, 3.05) is 13.2 Å². The van der Waals surface area contributed by atoms with Gasteiger partial charge in [-0.05, 0) is 44.9 Å².